The number of halogens is 3. The number of rotatable bonds is 0. The molecule has 0 aromatic rings. The first kappa shape index (κ1) is 8.44. The molecule has 0 saturated carbocycles. The quantitative estimate of drug-likeness (QED) is 0.445. The van der Waals surface area contributed by atoms with Crippen molar-refractivity contribution in [1.82, 2.24) is 0 Å². The second kappa shape index (κ2) is 2.16. The smallest absolute Gasteiger partial charge is 0.310 e. The largest absolute Gasteiger partial charge is 0.454 e. The Bertz CT molecular complexity index is 164. The summed E-state index contributed by atoms with van der Waals surface area (Å²) >= 11 is 16.5. The average molecular weight is 203 g/mol. The molecular weight excluding hydrogens is 198 g/mol. The highest BCUT2D eigenvalue weighted by molar-refractivity contribution is 6.68. The summed E-state index contributed by atoms with van der Waals surface area (Å²) in [4.78, 5) is 10.4. The van der Waals surface area contributed by atoms with Gasteiger partial charge in [0.05, 0.1) is 6.42 Å². The maximum absolute atomic E-state index is 10.4. The molecule has 5 heteroatoms. The molecule has 1 rings (SSSR count). The van der Waals surface area contributed by atoms with Crippen molar-refractivity contribution in [3.63, 3.8) is 0 Å². The van der Waals surface area contributed by atoms with Gasteiger partial charge in [0.2, 0.25) is 3.79 Å². The van der Waals surface area contributed by atoms with Gasteiger partial charge in [-0.25, -0.2) is 0 Å². The Morgan fingerprint density at radius 1 is 1.60 bits per heavy atom. The minimum Gasteiger partial charge on any atom is -0.454 e. The Hall–Kier alpha value is 0.340. The number of cyclic esters (lactones) is 1. The topological polar surface area (TPSA) is 26.3 Å². The summed E-state index contributed by atoms with van der Waals surface area (Å²) in [5.74, 6) is -0.325. The second-order valence-corrected chi connectivity index (χ2v) is 4.66. The van der Waals surface area contributed by atoms with Crippen molar-refractivity contribution in [2.45, 2.75) is 22.7 Å². The molecule has 10 heavy (non-hydrogen) atoms. The molecule has 2 nitrogen and oxygen atoms in total. The minimum atomic E-state index is -1.51. The van der Waals surface area contributed by atoms with Gasteiger partial charge in [-0.3, -0.25) is 4.79 Å². The Balaban J connectivity index is 2.65. The van der Waals surface area contributed by atoms with Gasteiger partial charge in [0.1, 0.15) is 0 Å². The monoisotopic (exact) mass is 202 g/mol. The first-order chi connectivity index (χ1) is 4.35. The van der Waals surface area contributed by atoms with E-state index in [1.165, 1.54) is 0 Å². The average Bonchev–Trinajstić information content (AvgIpc) is 1.58. The molecule has 0 radical (unpaired) electrons. The lowest BCUT2D eigenvalue weighted by atomic mass is 9.99. The normalized spacial score (nSPS) is 33.0. The summed E-state index contributed by atoms with van der Waals surface area (Å²) in [6.07, 6.45) is 0.170. The third kappa shape index (κ3) is 1.20. The number of carbonyl (C=O) groups excluding carboxylic acids is 1. The number of esters is 1. The van der Waals surface area contributed by atoms with Crippen molar-refractivity contribution in [1.29, 1.82) is 0 Å². The molecule has 0 aliphatic carbocycles. The van der Waals surface area contributed by atoms with E-state index in [-0.39, 0.29) is 12.4 Å². The molecule has 0 aromatic carbocycles. The van der Waals surface area contributed by atoms with Gasteiger partial charge in [-0.2, -0.15) is 0 Å². The molecule has 1 atom stereocenters. The minimum absolute atomic E-state index is 0.170. The van der Waals surface area contributed by atoms with Gasteiger partial charge in [0.25, 0.3) is 0 Å². The van der Waals surface area contributed by atoms with Crippen LogP contribution in [0.2, 0.25) is 0 Å². The third-order valence-electron chi connectivity index (χ3n) is 1.42. The second-order valence-electron chi connectivity index (χ2n) is 2.38. The Morgan fingerprint density at radius 3 is 2.10 bits per heavy atom. The van der Waals surface area contributed by atoms with Crippen LogP contribution < -0.4 is 0 Å². The summed E-state index contributed by atoms with van der Waals surface area (Å²) < 4.78 is 3.14. The summed E-state index contributed by atoms with van der Waals surface area (Å²) in [7, 11) is 0. The van der Waals surface area contributed by atoms with E-state index in [9.17, 15) is 4.79 Å². The molecule has 1 aliphatic rings. The van der Waals surface area contributed by atoms with E-state index >= 15 is 0 Å². The van der Waals surface area contributed by atoms with Gasteiger partial charge >= 0.3 is 5.97 Å². The molecule has 0 bridgehead atoms. The zero-order valence-electron chi connectivity index (χ0n) is 5.16. The fourth-order valence-electron chi connectivity index (χ4n) is 0.676. The van der Waals surface area contributed by atoms with E-state index in [0.29, 0.717) is 0 Å². The molecule has 1 heterocycles. The van der Waals surface area contributed by atoms with Gasteiger partial charge in [-0.05, 0) is 6.92 Å². The highest BCUT2D eigenvalue weighted by atomic mass is 35.6. The number of ether oxygens (including phenoxy) is 1. The molecule has 0 N–H and O–H groups in total. The van der Waals surface area contributed by atoms with E-state index in [1.807, 2.05) is 0 Å². The fraction of sp³-hybridized carbons (Fsp3) is 0.800. The van der Waals surface area contributed by atoms with Crippen LogP contribution in [0.1, 0.15) is 13.3 Å². The van der Waals surface area contributed by atoms with Gasteiger partial charge in [0.15, 0.2) is 5.60 Å². The highest BCUT2D eigenvalue weighted by Crippen LogP contribution is 2.47. The van der Waals surface area contributed by atoms with E-state index < -0.39 is 9.39 Å². The fourth-order valence-corrected chi connectivity index (χ4v) is 0.993. The van der Waals surface area contributed by atoms with Crippen LogP contribution >= 0.6 is 34.8 Å². The summed E-state index contributed by atoms with van der Waals surface area (Å²) in [5.41, 5.74) is -0.922. The Morgan fingerprint density at radius 2 is 2.00 bits per heavy atom. The summed E-state index contributed by atoms with van der Waals surface area (Å²) in [6.45, 7) is 1.58. The zero-order valence-corrected chi connectivity index (χ0v) is 7.43. The molecule has 1 saturated heterocycles. The third-order valence-corrected chi connectivity index (χ3v) is 2.62. The van der Waals surface area contributed by atoms with Crippen LogP contribution in [0.15, 0.2) is 0 Å². The lowest BCUT2D eigenvalue weighted by Gasteiger charge is -2.41. The van der Waals surface area contributed by atoms with E-state index in [1.54, 1.807) is 6.92 Å². The number of carbonyl (C=O) groups is 1. The zero-order chi connectivity index (χ0) is 7.99. The van der Waals surface area contributed by atoms with Crippen LogP contribution in [0, 0.1) is 0 Å². The highest BCUT2D eigenvalue weighted by Gasteiger charge is 2.56. The first-order valence-electron chi connectivity index (χ1n) is 2.64. The van der Waals surface area contributed by atoms with Gasteiger partial charge in [0, 0.05) is 0 Å². The van der Waals surface area contributed by atoms with E-state index in [0.717, 1.165) is 0 Å². The molecule has 1 fully saturated rings. The predicted molar refractivity (Wildman–Crippen MR) is 39.4 cm³/mol. The van der Waals surface area contributed by atoms with Crippen LogP contribution in [0.25, 0.3) is 0 Å². The molecule has 0 amide bonds. The summed E-state index contributed by atoms with van der Waals surface area (Å²) in [5, 5.41) is 0. The lowest BCUT2D eigenvalue weighted by Crippen LogP contribution is -2.54. The SMILES string of the molecule is C[C@]1(C(Cl)(Cl)Cl)CC(=O)O1. The Labute approximate surface area is 73.4 Å². The predicted octanol–water partition coefficient (Wildman–Crippen LogP) is 2.06. The van der Waals surface area contributed by atoms with Gasteiger partial charge in [-0.1, -0.05) is 34.8 Å². The van der Waals surface area contributed by atoms with Crippen molar-refractivity contribution in [3.8, 4) is 0 Å². The van der Waals surface area contributed by atoms with Crippen molar-refractivity contribution >= 4 is 40.8 Å². The van der Waals surface area contributed by atoms with Crippen molar-refractivity contribution < 1.29 is 9.53 Å². The number of hydrogen-bond acceptors (Lipinski definition) is 2. The molecule has 0 aromatic heterocycles. The molecule has 0 unspecified atom stereocenters. The standard InChI is InChI=1S/C5H5Cl3O2/c1-4(5(6,7)8)2-3(9)10-4/h2H2,1H3/t4-/m1/s1. The van der Waals surface area contributed by atoms with Crippen molar-refractivity contribution in [2.24, 2.45) is 0 Å². The summed E-state index contributed by atoms with van der Waals surface area (Å²) in [6, 6.07) is 0. The van der Waals surface area contributed by atoms with Gasteiger partial charge < -0.3 is 4.74 Å². The van der Waals surface area contributed by atoms with E-state index in [2.05, 4.69) is 4.74 Å². The van der Waals surface area contributed by atoms with Crippen LogP contribution in [0.3, 0.4) is 0 Å². The van der Waals surface area contributed by atoms with Crippen LogP contribution in [-0.2, 0) is 9.53 Å². The lowest BCUT2D eigenvalue weighted by molar-refractivity contribution is -0.186. The molecule has 0 spiro atoms. The maximum atomic E-state index is 10.4. The van der Waals surface area contributed by atoms with E-state index in [4.69, 9.17) is 34.8 Å². The van der Waals surface area contributed by atoms with Crippen molar-refractivity contribution in [2.75, 3.05) is 0 Å². The molecule has 58 valence electrons. The Kier molecular flexibility index (Phi) is 1.82. The molecular formula is C5H5Cl3O2. The van der Waals surface area contributed by atoms with Crippen LogP contribution in [0.5, 0.6) is 0 Å². The maximum Gasteiger partial charge on any atom is 0.310 e. The van der Waals surface area contributed by atoms with Crippen molar-refractivity contribution in [3.05, 3.63) is 0 Å². The van der Waals surface area contributed by atoms with Crippen LogP contribution in [0.4, 0.5) is 0 Å². The number of hydrogen-bond donors (Lipinski definition) is 0. The number of alkyl halides is 3. The molecule has 1 aliphatic heterocycles. The first-order valence-corrected chi connectivity index (χ1v) is 3.77. The van der Waals surface area contributed by atoms with Crippen LogP contribution in [-0.4, -0.2) is 15.4 Å². The van der Waals surface area contributed by atoms with Gasteiger partial charge in [-0.15, -0.1) is 0 Å².